The molecule has 2 aromatic carbocycles. The Kier molecular flexibility index (Phi) is 7.49. The van der Waals surface area contributed by atoms with E-state index in [9.17, 15) is 38.4 Å². The summed E-state index contributed by atoms with van der Waals surface area (Å²) in [5.41, 5.74) is 1.42. The maximum atomic E-state index is 12.8. The number of benzene rings is 2. The van der Waals surface area contributed by atoms with Gasteiger partial charge in [-0.25, -0.2) is 19.6 Å². The summed E-state index contributed by atoms with van der Waals surface area (Å²) >= 11 is 0. The van der Waals surface area contributed by atoms with Crippen LogP contribution >= 0.6 is 21.6 Å². The molecule has 6 rings (SSSR count). The quantitative estimate of drug-likeness (QED) is 0.319. The van der Waals surface area contributed by atoms with E-state index < -0.39 is 47.3 Å². The summed E-state index contributed by atoms with van der Waals surface area (Å²) in [7, 11) is 2.23. The van der Waals surface area contributed by atoms with Crippen LogP contribution in [0.3, 0.4) is 0 Å². The minimum absolute atomic E-state index is 0.132. The highest BCUT2D eigenvalue weighted by molar-refractivity contribution is 8.76. The van der Waals surface area contributed by atoms with Gasteiger partial charge in [-0.05, 0) is 64.1 Å². The number of imide groups is 4. The summed E-state index contributed by atoms with van der Waals surface area (Å²) < 4.78 is 0. The van der Waals surface area contributed by atoms with Crippen molar-refractivity contribution in [3.8, 4) is 0 Å². The van der Waals surface area contributed by atoms with Gasteiger partial charge in [0.25, 0.3) is 47.3 Å². The van der Waals surface area contributed by atoms with Crippen molar-refractivity contribution in [2.24, 2.45) is 0 Å². The number of carbonyl (C=O) groups is 8. The predicted molar refractivity (Wildman–Crippen MR) is 170 cm³/mol. The molecule has 230 valence electrons. The Balaban J connectivity index is 1.39. The lowest BCUT2D eigenvalue weighted by molar-refractivity contribution is -0.122. The van der Waals surface area contributed by atoms with Gasteiger partial charge in [-0.15, -0.1) is 0 Å². The summed E-state index contributed by atoms with van der Waals surface area (Å²) in [4.78, 5) is 107. The molecule has 4 heterocycles. The standard InChI is InChI=1S/C32H22N4O8S2/c1-15-5-25(37)33(29(15)41)19-9-20(34-26(38)6-16(2)30(34)42)12-23(11-19)45-46-24-13-21(35-27(39)7-17(3)31(35)43)10-22(14-24)36-28(40)8-18(4)32(36)44/h5-14H,1-4H3. The van der Waals surface area contributed by atoms with Crippen LogP contribution in [0, 0.1) is 0 Å². The highest BCUT2D eigenvalue weighted by Gasteiger charge is 2.36. The molecule has 0 fully saturated rings. The van der Waals surface area contributed by atoms with Crippen LogP contribution in [0.15, 0.2) is 92.8 Å². The topological polar surface area (TPSA) is 150 Å². The molecule has 0 saturated heterocycles. The Morgan fingerprint density at radius 2 is 0.587 bits per heavy atom. The van der Waals surface area contributed by atoms with Crippen molar-refractivity contribution in [2.75, 3.05) is 19.6 Å². The van der Waals surface area contributed by atoms with Crippen LogP contribution in [0.25, 0.3) is 0 Å². The predicted octanol–water partition coefficient (Wildman–Crippen LogP) is 3.76. The van der Waals surface area contributed by atoms with Gasteiger partial charge in [-0.1, -0.05) is 21.6 Å². The first-order chi connectivity index (χ1) is 21.7. The summed E-state index contributed by atoms with van der Waals surface area (Å²) in [5.74, 6) is -4.53. The number of rotatable bonds is 7. The van der Waals surface area contributed by atoms with E-state index in [1.165, 1.54) is 64.1 Å². The molecule has 4 aliphatic rings. The van der Waals surface area contributed by atoms with Gasteiger partial charge in [0, 0.05) is 56.4 Å². The van der Waals surface area contributed by atoms with Gasteiger partial charge in [0.1, 0.15) is 0 Å². The molecule has 0 atom stereocenters. The number of anilines is 4. The Morgan fingerprint density at radius 3 is 0.761 bits per heavy atom. The zero-order chi connectivity index (χ0) is 33.2. The monoisotopic (exact) mass is 654 g/mol. The first kappa shape index (κ1) is 30.7. The number of hydrogen-bond acceptors (Lipinski definition) is 10. The fourth-order valence-electron chi connectivity index (χ4n) is 5.17. The van der Waals surface area contributed by atoms with E-state index in [0.29, 0.717) is 9.79 Å². The van der Waals surface area contributed by atoms with E-state index >= 15 is 0 Å². The molecule has 0 spiro atoms. The SMILES string of the molecule is CC1=CC(=O)N(c2cc(SSc3cc(N4C(=O)C=C(C)C4=O)cc(N4C(=O)C=C(C)C4=O)c3)cc(N3C(=O)C=C(C)C3=O)c2)C1=O. The fraction of sp³-hybridized carbons (Fsp3) is 0.125. The lowest BCUT2D eigenvalue weighted by Gasteiger charge is -2.22. The van der Waals surface area contributed by atoms with Crippen molar-refractivity contribution in [3.63, 3.8) is 0 Å². The number of amides is 8. The first-order valence-electron chi connectivity index (χ1n) is 13.7. The van der Waals surface area contributed by atoms with Crippen LogP contribution in [0.2, 0.25) is 0 Å². The lowest BCUT2D eigenvalue weighted by Crippen LogP contribution is -2.33. The van der Waals surface area contributed by atoms with Gasteiger partial charge < -0.3 is 0 Å². The molecular weight excluding hydrogens is 633 g/mol. The molecule has 0 unspecified atom stereocenters. The minimum atomic E-state index is -0.582. The van der Waals surface area contributed by atoms with Crippen LogP contribution in [0.5, 0.6) is 0 Å². The summed E-state index contributed by atoms with van der Waals surface area (Å²) in [6.07, 6.45) is 4.76. The molecule has 0 radical (unpaired) electrons. The Labute approximate surface area is 269 Å². The third-order valence-corrected chi connectivity index (χ3v) is 9.77. The van der Waals surface area contributed by atoms with Gasteiger partial charge >= 0.3 is 0 Å². The van der Waals surface area contributed by atoms with Crippen LogP contribution in [-0.4, -0.2) is 47.3 Å². The minimum Gasteiger partial charge on any atom is -0.269 e. The van der Waals surface area contributed by atoms with Gasteiger partial charge in [0.15, 0.2) is 0 Å². The molecule has 4 aliphatic heterocycles. The second-order valence-corrected chi connectivity index (χ2v) is 13.0. The molecule has 12 nitrogen and oxygen atoms in total. The normalized spacial score (nSPS) is 18.4. The molecule has 8 amide bonds. The lowest BCUT2D eigenvalue weighted by atomic mass is 10.2. The van der Waals surface area contributed by atoms with Crippen LogP contribution < -0.4 is 19.6 Å². The van der Waals surface area contributed by atoms with Crippen molar-refractivity contribution in [3.05, 3.63) is 83.0 Å². The number of nitrogens with zero attached hydrogens (tertiary/aromatic N) is 4. The highest BCUT2D eigenvalue weighted by Crippen LogP contribution is 2.44. The molecular formula is C32H22N4O8S2. The molecule has 2 aromatic rings. The molecule has 0 aliphatic carbocycles. The summed E-state index contributed by atoms with van der Waals surface area (Å²) in [6, 6.07) is 8.97. The maximum absolute atomic E-state index is 12.8. The zero-order valence-corrected chi connectivity index (χ0v) is 26.3. The van der Waals surface area contributed by atoms with Gasteiger partial charge in [0.2, 0.25) is 0 Å². The van der Waals surface area contributed by atoms with Gasteiger partial charge in [0.05, 0.1) is 22.7 Å². The second-order valence-electron chi connectivity index (χ2n) is 10.8. The third kappa shape index (κ3) is 5.10. The first-order valence-corrected chi connectivity index (χ1v) is 15.8. The van der Waals surface area contributed by atoms with E-state index in [4.69, 9.17) is 0 Å². The molecule has 0 N–H and O–H groups in total. The zero-order valence-electron chi connectivity index (χ0n) is 24.6. The largest absolute Gasteiger partial charge is 0.269 e. The average molecular weight is 655 g/mol. The molecule has 0 saturated carbocycles. The molecule has 0 aromatic heterocycles. The van der Waals surface area contributed by atoms with Crippen molar-refractivity contribution < 1.29 is 38.4 Å². The smallest absolute Gasteiger partial charge is 0.261 e. The van der Waals surface area contributed by atoms with Crippen LogP contribution in [-0.2, 0) is 38.4 Å². The Bertz CT molecular complexity index is 1750. The maximum Gasteiger partial charge on any atom is 0.261 e. The summed E-state index contributed by atoms with van der Waals surface area (Å²) in [5, 5.41) is 0. The number of carbonyl (C=O) groups excluding carboxylic acids is 8. The van der Waals surface area contributed by atoms with E-state index in [0.717, 1.165) is 41.2 Å². The van der Waals surface area contributed by atoms with E-state index in [1.54, 1.807) is 24.3 Å². The van der Waals surface area contributed by atoms with Crippen LogP contribution in [0.4, 0.5) is 22.7 Å². The van der Waals surface area contributed by atoms with Gasteiger partial charge in [-0.2, -0.15) is 0 Å². The molecule has 46 heavy (non-hydrogen) atoms. The van der Waals surface area contributed by atoms with E-state index in [2.05, 4.69) is 0 Å². The number of hydrogen-bond donors (Lipinski definition) is 0. The third-order valence-electron chi connectivity index (χ3n) is 7.42. The second kappa shape index (κ2) is 11.2. The Morgan fingerprint density at radius 1 is 0.370 bits per heavy atom. The van der Waals surface area contributed by atoms with Crippen molar-refractivity contribution in [2.45, 2.75) is 37.5 Å². The van der Waals surface area contributed by atoms with E-state index in [1.807, 2.05) is 0 Å². The van der Waals surface area contributed by atoms with Gasteiger partial charge in [-0.3, -0.25) is 38.4 Å². The van der Waals surface area contributed by atoms with Crippen molar-refractivity contribution in [1.82, 2.24) is 0 Å². The van der Waals surface area contributed by atoms with Crippen molar-refractivity contribution in [1.29, 1.82) is 0 Å². The average Bonchev–Trinajstić information content (AvgIpc) is 3.60. The molecule has 0 bridgehead atoms. The van der Waals surface area contributed by atoms with Crippen molar-refractivity contribution >= 4 is 91.6 Å². The van der Waals surface area contributed by atoms with Crippen LogP contribution in [0.1, 0.15) is 27.7 Å². The fourth-order valence-corrected chi connectivity index (χ4v) is 7.20. The Hall–Kier alpha value is -5.34. The summed E-state index contributed by atoms with van der Waals surface area (Å²) in [6.45, 7) is 6.00. The van der Waals surface area contributed by atoms with E-state index in [-0.39, 0.29) is 45.0 Å². The molecule has 14 heteroatoms. The highest BCUT2D eigenvalue weighted by atomic mass is 33.1.